The summed E-state index contributed by atoms with van der Waals surface area (Å²) < 4.78 is 5.56. The largest absolute Gasteiger partial charge is 0.453 e. The maximum atomic E-state index is 14.1. The van der Waals surface area contributed by atoms with Crippen molar-refractivity contribution in [3.63, 3.8) is 0 Å². The molecule has 6 heteroatoms. The Morgan fingerprint density at radius 2 is 1.38 bits per heavy atom. The fourth-order valence-corrected chi connectivity index (χ4v) is 4.52. The topological polar surface area (TPSA) is 89.5 Å². The van der Waals surface area contributed by atoms with Crippen molar-refractivity contribution in [2.45, 2.75) is 13.0 Å². The number of fused-ring (bicyclic) bond motifs is 1. The number of aryl methyl sites for hydroxylation is 1. The maximum absolute atomic E-state index is 14.1. The van der Waals surface area contributed by atoms with Crippen molar-refractivity contribution in [3.05, 3.63) is 125 Å². The first-order chi connectivity index (χ1) is 17.9. The van der Waals surface area contributed by atoms with Crippen LogP contribution in [0.3, 0.4) is 0 Å². The van der Waals surface area contributed by atoms with Gasteiger partial charge in [-0.1, -0.05) is 90.5 Å². The second-order valence-corrected chi connectivity index (χ2v) is 8.85. The number of nitrogens with one attached hydrogen (secondary N) is 1. The van der Waals surface area contributed by atoms with Gasteiger partial charge in [-0.2, -0.15) is 0 Å². The van der Waals surface area contributed by atoms with Gasteiger partial charge >= 0.3 is 5.97 Å². The Morgan fingerprint density at radius 3 is 2.11 bits per heavy atom. The van der Waals surface area contributed by atoms with E-state index in [9.17, 15) is 19.2 Å². The van der Waals surface area contributed by atoms with E-state index in [-0.39, 0.29) is 11.1 Å². The third-order valence-corrected chi connectivity index (χ3v) is 6.40. The molecule has 0 saturated carbocycles. The molecule has 37 heavy (non-hydrogen) atoms. The summed E-state index contributed by atoms with van der Waals surface area (Å²) in [4.78, 5) is 53.5. The highest BCUT2D eigenvalue weighted by Gasteiger charge is 2.46. The molecule has 4 aromatic carbocycles. The summed E-state index contributed by atoms with van der Waals surface area (Å²) in [5.74, 6) is -4.75. The van der Waals surface area contributed by atoms with E-state index in [1.54, 1.807) is 72.8 Å². The van der Waals surface area contributed by atoms with Crippen LogP contribution in [0.2, 0.25) is 0 Å². The zero-order chi connectivity index (χ0) is 25.9. The van der Waals surface area contributed by atoms with E-state index in [0.29, 0.717) is 16.8 Å². The number of hydrogen-bond donors (Lipinski definition) is 1. The van der Waals surface area contributed by atoms with E-state index in [0.717, 1.165) is 11.1 Å². The number of anilines is 1. The Balaban J connectivity index is 1.57. The van der Waals surface area contributed by atoms with Crippen LogP contribution in [0.1, 0.15) is 37.9 Å². The highest BCUT2D eigenvalue weighted by molar-refractivity contribution is 6.45. The second-order valence-electron chi connectivity index (χ2n) is 8.85. The number of hydrogen-bond acceptors (Lipinski definition) is 5. The molecule has 0 bridgehead atoms. The van der Waals surface area contributed by atoms with E-state index >= 15 is 0 Å². The van der Waals surface area contributed by atoms with Crippen LogP contribution in [-0.4, -0.2) is 23.4 Å². The summed E-state index contributed by atoms with van der Waals surface area (Å²) in [6.45, 7) is 1.90. The van der Waals surface area contributed by atoms with E-state index in [1.165, 1.54) is 0 Å². The molecule has 4 aromatic rings. The summed E-state index contributed by atoms with van der Waals surface area (Å²) in [6, 6.07) is 29.7. The van der Waals surface area contributed by atoms with Crippen LogP contribution in [0.15, 0.2) is 103 Å². The van der Waals surface area contributed by atoms with Gasteiger partial charge in [0.1, 0.15) is 12.0 Å². The van der Waals surface area contributed by atoms with Gasteiger partial charge in [0, 0.05) is 16.8 Å². The second kappa shape index (κ2) is 10.0. The molecule has 1 aliphatic rings. The van der Waals surface area contributed by atoms with Crippen LogP contribution in [0.5, 0.6) is 0 Å². The summed E-state index contributed by atoms with van der Waals surface area (Å²) in [6.07, 6.45) is -1.23. The Hall–Kier alpha value is -4.84. The lowest BCUT2D eigenvalue weighted by atomic mass is 9.82. The molecular formula is C31H23NO5. The zero-order valence-electron chi connectivity index (χ0n) is 20.0. The molecule has 6 nitrogen and oxygen atoms in total. The fraction of sp³-hybridized carbons (Fsp3) is 0.0968. The predicted molar refractivity (Wildman–Crippen MR) is 139 cm³/mol. The molecule has 0 aliphatic carbocycles. The number of carbonyl (C=O) groups excluding carboxylic acids is 4. The molecule has 0 fully saturated rings. The average molecular weight is 490 g/mol. The minimum atomic E-state index is -1.57. The molecule has 0 spiro atoms. The van der Waals surface area contributed by atoms with Gasteiger partial charge in [-0.15, -0.1) is 0 Å². The van der Waals surface area contributed by atoms with Crippen LogP contribution in [0.25, 0.3) is 11.1 Å². The van der Waals surface area contributed by atoms with Crippen LogP contribution in [0, 0.1) is 12.8 Å². The zero-order valence-corrected chi connectivity index (χ0v) is 20.0. The van der Waals surface area contributed by atoms with Gasteiger partial charge in [0.15, 0.2) is 5.78 Å². The number of ether oxygens (including phenoxy) is 1. The molecule has 0 saturated heterocycles. The number of carbonyl (C=O) groups is 4. The first-order valence-corrected chi connectivity index (χ1v) is 11.8. The number of ketones is 2. The van der Waals surface area contributed by atoms with Crippen molar-refractivity contribution in [1.29, 1.82) is 0 Å². The molecule has 5 rings (SSSR count). The van der Waals surface area contributed by atoms with Crippen molar-refractivity contribution >= 4 is 29.1 Å². The SMILES string of the molecule is Cc1ccc(NC(=O)C(=O)[C@H](C(=O)c2ccccc2-c2ccccc2)[C@@H]2OC(=O)c3ccccc32)cc1. The van der Waals surface area contributed by atoms with Crippen molar-refractivity contribution < 1.29 is 23.9 Å². The van der Waals surface area contributed by atoms with Gasteiger partial charge in [-0.05, 0) is 36.2 Å². The lowest BCUT2D eigenvalue weighted by molar-refractivity contribution is -0.138. The van der Waals surface area contributed by atoms with Gasteiger partial charge in [0.2, 0.25) is 5.78 Å². The molecule has 0 aromatic heterocycles. The third kappa shape index (κ3) is 4.69. The third-order valence-electron chi connectivity index (χ3n) is 6.40. The van der Waals surface area contributed by atoms with Crippen LogP contribution in [-0.2, 0) is 14.3 Å². The maximum Gasteiger partial charge on any atom is 0.339 e. The fourth-order valence-electron chi connectivity index (χ4n) is 4.52. The smallest absolute Gasteiger partial charge is 0.339 e. The normalized spacial score (nSPS) is 14.8. The highest BCUT2D eigenvalue weighted by atomic mass is 16.5. The molecule has 0 radical (unpaired) electrons. The molecule has 1 amide bonds. The first-order valence-electron chi connectivity index (χ1n) is 11.8. The number of Topliss-reactive ketones (excluding diaryl/α,β-unsaturated/α-hetero) is 2. The molecular weight excluding hydrogens is 466 g/mol. The average Bonchev–Trinajstić information content (AvgIpc) is 3.26. The van der Waals surface area contributed by atoms with E-state index in [2.05, 4.69) is 5.32 Å². The highest BCUT2D eigenvalue weighted by Crippen LogP contribution is 2.39. The number of benzene rings is 4. The van der Waals surface area contributed by atoms with Crippen molar-refractivity contribution in [1.82, 2.24) is 0 Å². The molecule has 182 valence electrons. The first kappa shape index (κ1) is 23.9. The quantitative estimate of drug-likeness (QED) is 0.158. The monoisotopic (exact) mass is 489 g/mol. The Kier molecular flexibility index (Phi) is 6.47. The van der Waals surface area contributed by atoms with Crippen LogP contribution >= 0.6 is 0 Å². The van der Waals surface area contributed by atoms with E-state index in [4.69, 9.17) is 4.74 Å². The molecule has 1 aliphatic heterocycles. The van der Waals surface area contributed by atoms with Gasteiger partial charge in [0.25, 0.3) is 5.91 Å². The standard InChI is InChI=1S/C31H23NO5/c1-19-15-17-21(18-16-19)32-30(35)28(34)26(29-24-13-7-8-14-25(24)31(36)37-29)27(33)23-12-6-5-11-22(23)20-9-3-2-4-10-20/h2-18,26,29H,1H3,(H,32,35)/t26-,29+/m0/s1. The number of amides is 1. The summed E-state index contributed by atoms with van der Waals surface area (Å²) in [7, 11) is 0. The Bertz CT molecular complexity index is 1510. The van der Waals surface area contributed by atoms with Gasteiger partial charge in [-0.3, -0.25) is 14.4 Å². The van der Waals surface area contributed by atoms with E-state index < -0.39 is 35.5 Å². The van der Waals surface area contributed by atoms with E-state index in [1.807, 2.05) is 37.3 Å². The van der Waals surface area contributed by atoms with Crippen LogP contribution in [0.4, 0.5) is 5.69 Å². The van der Waals surface area contributed by atoms with Gasteiger partial charge < -0.3 is 10.1 Å². The lowest BCUT2D eigenvalue weighted by Crippen LogP contribution is -2.38. The van der Waals surface area contributed by atoms with Gasteiger partial charge in [-0.25, -0.2) is 4.79 Å². The minimum Gasteiger partial charge on any atom is -0.453 e. The number of cyclic esters (lactones) is 1. The van der Waals surface area contributed by atoms with Crippen molar-refractivity contribution in [3.8, 4) is 11.1 Å². The Morgan fingerprint density at radius 1 is 0.757 bits per heavy atom. The summed E-state index contributed by atoms with van der Waals surface area (Å²) in [5.41, 5.74) is 3.74. The molecule has 2 atom stereocenters. The van der Waals surface area contributed by atoms with Crippen molar-refractivity contribution in [2.75, 3.05) is 5.32 Å². The summed E-state index contributed by atoms with van der Waals surface area (Å²) in [5, 5.41) is 2.58. The lowest BCUT2D eigenvalue weighted by Gasteiger charge is -2.22. The summed E-state index contributed by atoms with van der Waals surface area (Å²) >= 11 is 0. The molecule has 1 N–H and O–H groups in total. The minimum absolute atomic E-state index is 0.260. The molecule has 1 heterocycles. The van der Waals surface area contributed by atoms with Crippen molar-refractivity contribution in [2.24, 2.45) is 5.92 Å². The van der Waals surface area contributed by atoms with Crippen LogP contribution < -0.4 is 5.32 Å². The molecule has 0 unspecified atom stereocenters. The predicted octanol–water partition coefficient (Wildman–Crippen LogP) is 5.58. The number of rotatable bonds is 7. The Labute approximate surface area is 213 Å². The van der Waals surface area contributed by atoms with Gasteiger partial charge in [0.05, 0.1) is 5.56 Å². The number of esters is 1.